The van der Waals surface area contributed by atoms with Crippen molar-refractivity contribution in [2.24, 2.45) is 0 Å². The van der Waals surface area contributed by atoms with E-state index >= 15 is 0 Å². The molecule has 0 radical (unpaired) electrons. The predicted molar refractivity (Wildman–Crippen MR) is 39.8 cm³/mol. The van der Waals surface area contributed by atoms with Gasteiger partial charge >= 0.3 is 6.16 Å². The van der Waals surface area contributed by atoms with Gasteiger partial charge in [-0.1, -0.05) is 0 Å². The van der Waals surface area contributed by atoms with E-state index in [1.165, 1.54) is 0 Å². The van der Waals surface area contributed by atoms with E-state index in [0.717, 1.165) is 19.4 Å². The lowest BCUT2D eigenvalue weighted by molar-refractivity contribution is -0.0111. The molecule has 2 aliphatic heterocycles. The molecular formula is C8H12O4. The Morgan fingerprint density at radius 3 is 3.08 bits per heavy atom. The first-order valence-corrected chi connectivity index (χ1v) is 4.26. The van der Waals surface area contributed by atoms with Gasteiger partial charge in [-0.25, -0.2) is 4.79 Å². The summed E-state index contributed by atoms with van der Waals surface area (Å²) < 4.78 is 15.4. The molecule has 0 aromatic heterocycles. The first-order chi connectivity index (χ1) is 5.77. The van der Waals surface area contributed by atoms with E-state index in [2.05, 4.69) is 0 Å². The Balaban J connectivity index is 2.09. The maximum atomic E-state index is 10.8. The van der Waals surface area contributed by atoms with Crippen LogP contribution < -0.4 is 0 Å². The Morgan fingerprint density at radius 1 is 1.42 bits per heavy atom. The fourth-order valence-electron chi connectivity index (χ4n) is 1.68. The molecule has 2 fully saturated rings. The molecule has 0 N–H and O–H groups in total. The van der Waals surface area contributed by atoms with Crippen molar-refractivity contribution in [3.05, 3.63) is 0 Å². The molecule has 12 heavy (non-hydrogen) atoms. The molecule has 0 spiro atoms. The fourth-order valence-corrected chi connectivity index (χ4v) is 1.68. The summed E-state index contributed by atoms with van der Waals surface area (Å²) in [4.78, 5) is 10.8. The number of fused-ring (bicyclic) bond motifs is 1. The highest BCUT2D eigenvalue weighted by Gasteiger charge is 2.41. The van der Waals surface area contributed by atoms with Gasteiger partial charge in [-0.05, 0) is 19.8 Å². The molecule has 4 heteroatoms. The topological polar surface area (TPSA) is 44.8 Å². The van der Waals surface area contributed by atoms with E-state index in [1.807, 2.05) is 6.92 Å². The average molecular weight is 172 g/mol. The SMILES string of the molecule is CC1OCCCC2OC(=O)OC12. The van der Waals surface area contributed by atoms with Gasteiger partial charge in [0, 0.05) is 6.61 Å². The summed E-state index contributed by atoms with van der Waals surface area (Å²) >= 11 is 0. The highest BCUT2D eigenvalue weighted by Crippen LogP contribution is 2.26. The van der Waals surface area contributed by atoms with Crippen molar-refractivity contribution >= 4 is 6.16 Å². The van der Waals surface area contributed by atoms with Crippen molar-refractivity contribution in [2.75, 3.05) is 6.61 Å². The minimum Gasteiger partial charge on any atom is -0.427 e. The normalized spacial score (nSPS) is 41.1. The van der Waals surface area contributed by atoms with Crippen LogP contribution in [-0.4, -0.2) is 31.1 Å². The van der Waals surface area contributed by atoms with Gasteiger partial charge in [-0.15, -0.1) is 0 Å². The Labute approximate surface area is 70.8 Å². The van der Waals surface area contributed by atoms with Crippen LogP contribution in [0.5, 0.6) is 0 Å². The summed E-state index contributed by atoms with van der Waals surface area (Å²) in [6, 6.07) is 0. The van der Waals surface area contributed by atoms with Crippen LogP contribution in [0.2, 0.25) is 0 Å². The summed E-state index contributed by atoms with van der Waals surface area (Å²) in [5.74, 6) is 0. The summed E-state index contributed by atoms with van der Waals surface area (Å²) in [6.45, 7) is 2.64. The van der Waals surface area contributed by atoms with E-state index in [-0.39, 0.29) is 18.3 Å². The van der Waals surface area contributed by atoms with Crippen molar-refractivity contribution in [3.63, 3.8) is 0 Å². The second kappa shape index (κ2) is 2.94. The van der Waals surface area contributed by atoms with Gasteiger partial charge in [0.25, 0.3) is 0 Å². The second-order valence-corrected chi connectivity index (χ2v) is 3.21. The average Bonchev–Trinajstić information content (AvgIpc) is 2.33. The second-order valence-electron chi connectivity index (χ2n) is 3.21. The van der Waals surface area contributed by atoms with Crippen LogP contribution >= 0.6 is 0 Å². The highest BCUT2D eigenvalue weighted by molar-refractivity contribution is 5.62. The molecule has 2 saturated heterocycles. The molecule has 2 aliphatic rings. The van der Waals surface area contributed by atoms with Crippen LogP contribution in [-0.2, 0) is 14.2 Å². The molecular weight excluding hydrogens is 160 g/mol. The molecule has 0 amide bonds. The van der Waals surface area contributed by atoms with Crippen molar-refractivity contribution in [3.8, 4) is 0 Å². The molecule has 0 bridgehead atoms. The number of carbonyl (C=O) groups is 1. The van der Waals surface area contributed by atoms with Gasteiger partial charge in [-0.2, -0.15) is 0 Å². The molecule has 2 heterocycles. The molecule has 68 valence electrons. The van der Waals surface area contributed by atoms with Crippen molar-refractivity contribution in [1.82, 2.24) is 0 Å². The van der Waals surface area contributed by atoms with Gasteiger partial charge in [0.2, 0.25) is 0 Å². The molecule has 3 unspecified atom stereocenters. The standard InChI is InChI=1S/C8H12O4/c1-5-7-6(3-2-4-10-5)11-8(9)12-7/h5-7H,2-4H2,1H3. The number of rotatable bonds is 0. The molecule has 0 aliphatic carbocycles. The summed E-state index contributed by atoms with van der Waals surface area (Å²) in [6.07, 6.45) is 0.907. The van der Waals surface area contributed by atoms with Crippen LogP contribution in [0.3, 0.4) is 0 Å². The minimum absolute atomic E-state index is 0.0380. The van der Waals surface area contributed by atoms with Gasteiger partial charge in [0.05, 0.1) is 6.10 Å². The summed E-state index contributed by atoms with van der Waals surface area (Å²) in [5, 5.41) is 0. The van der Waals surface area contributed by atoms with Crippen LogP contribution in [0.25, 0.3) is 0 Å². The van der Waals surface area contributed by atoms with Gasteiger partial charge in [0.1, 0.15) is 6.10 Å². The zero-order valence-electron chi connectivity index (χ0n) is 6.99. The first-order valence-electron chi connectivity index (χ1n) is 4.26. The Kier molecular flexibility index (Phi) is 1.92. The Morgan fingerprint density at radius 2 is 2.25 bits per heavy atom. The first kappa shape index (κ1) is 7.86. The quantitative estimate of drug-likeness (QED) is 0.513. The third-order valence-electron chi connectivity index (χ3n) is 2.32. The van der Waals surface area contributed by atoms with Crippen molar-refractivity contribution < 1.29 is 19.0 Å². The van der Waals surface area contributed by atoms with Crippen molar-refractivity contribution in [2.45, 2.75) is 38.1 Å². The van der Waals surface area contributed by atoms with E-state index in [9.17, 15) is 4.79 Å². The highest BCUT2D eigenvalue weighted by atomic mass is 16.8. The van der Waals surface area contributed by atoms with Crippen LogP contribution in [0.4, 0.5) is 4.79 Å². The van der Waals surface area contributed by atoms with E-state index in [0.29, 0.717) is 0 Å². The number of hydrogen-bond donors (Lipinski definition) is 0. The summed E-state index contributed by atoms with van der Waals surface area (Å²) in [5.41, 5.74) is 0. The van der Waals surface area contributed by atoms with Crippen molar-refractivity contribution in [1.29, 1.82) is 0 Å². The lowest BCUT2D eigenvalue weighted by Crippen LogP contribution is -2.32. The maximum absolute atomic E-state index is 10.8. The zero-order valence-corrected chi connectivity index (χ0v) is 6.99. The largest absolute Gasteiger partial charge is 0.509 e. The fraction of sp³-hybridized carbons (Fsp3) is 0.875. The smallest absolute Gasteiger partial charge is 0.427 e. The van der Waals surface area contributed by atoms with E-state index in [4.69, 9.17) is 14.2 Å². The van der Waals surface area contributed by atoms with E-state index < -0.39 is 6.16 Å². The maximum Gasteiger partial charge on any atom is 0.509 e. The Bertz CT molecular complexity index is 191. The predicted octanol–water partition coefficient (Wildman–Crippen LogP) is 1.09. The Hall–Kier alpha value is -0.770. The number of carbonyl (C=O) groups excluding carboxylic acids is 1. The third-order valence-corrected chi connectivity index (χ3v) is 2.32. The third kappa shape index (κ3) is 1.27. The molecule has 2 rings (SSSR count). The number of ether oxygens (including phenoxy) is 3. The van der Waals surface area contributed by atoms with Crippen LogP contribution in [0.1, 0.15) is 19.8 Å². The molecule has 0 saturated carbocycles. The van der Waals surface area contributed by atoms with E-state index in [1.54, 1.807) is 0 Å². The zero-order chi connectivity index (χ0) is 8.55. The van der Waals surface area contributed by atoms with Crippen LogP contribution in [0, 0.1) is 0 Å². The van der Waals surface area contributed by atoms with Gasteiger partial charge in [0.15, 0.2) is 6.10 Å². The minimum atomic E-state index is -0.553. The summed E-state index contributed by atoms with van der Waals surface area (Å²) in [7, 11) is 0. The monoisotopic (exact) mass is 172 g/mol. The molecule has 3 atom stereocenters. The molecule has 0 aromatic rings. The lowest BCUT2D eigenvalue weighted by atomic mass is 10.1. The number of hydrogen-bond acceptors (Lipinski definition) is 4. The molecule has 4 nitrogen and oxygen atoms in total. The molecule has 0 aromatic carbocycles. The van der Waals surface area contributed by atoms with Crippen LogP contribution in [0.15, 0.2) is 0 Å². The lowest BCUT2D eigenvalue weighted by Gasteiger charge is -2.16. The van der Waals surface area contributed by atoms with Gasteiger partial charge in [-0.3, -0.25) is 0 Å². The van der Waals surface area contributed by atoms with Gasteiger partial charge < -0.3 is 14.2 Å².